The minimum atomic E-state index is -0.413. The SMILES string of the molecule is CCNc1cnc(COc2ccc([N+](=O)[O-])c(C)c2)cn1. The first kappa shape index (κ1) is 14.7. The Morgan fingerprint density at radius 2 is 2.14 bits per heavy atom. The van der Waals surface area contributed by atoms with Gasteiger partial charge in [0.25, 0.3) is 5.69 Å². The number of aryl methyl sites for hydroxylation is 1. The molecule has 0 aliphatic heterocycles. The number of hydrogen-bond donors (Lipinski definition) is 1. The molecule has 7 nitrogen and oxygen atoms in total. The van der Waals surface area contributed by atoms with E-state index in [9.17, 15) is 10.1 Å². The molecule has 0 fully saturated rings. The summed E-state index contributed by atoms with van der Waals surface area (Å²) in [6, 6.07) is 4.65. The van der Waals surface area contributed by atoms with E-state index in [4.69, 9.17) is 4.74 Å². The number of ether oxygens (including phenoxy) is 1. The number of rotatable bonds is 6. The zero-order valence-corrected chi connectivity index (χ0v) is 11.9. The Balaban J connectivity index is 1.99. The predicted octanol–water partition coefficient (Wildman–Crippen LogP) is 2.70. The van der Waals surface area contributed by atoms with E-state index in [1.165, 1.54) is 6.07 Å². The Bertz CT molecular complexity index is 629. The molecule has 1 heterocycles. The van der Waals surface area contributed by atoms with Crippen LogP contribution < -0.4 is 10.1 Å². The maximum Gasteiger partial charge on any atom is 0.272 e. The van der Waals surface area contributed by atoms with E-state index in [1.54, 1.807) is 31.5 Å². The Morgan fingerprint density at radius 3 is 2.71 bits per heavy atom. The summed E-state index contributed by atoms with van der Waals surface area (Å²) < 4.78 is 5.56. The normalized spacial score (nSPS) is 10.2. The van der Waals surface area contributed by atoms with Gasteiger partial charge in [-0.1, -0.05) is 0 Å². The molecule has 7 heteroatoms. The Hall–Kier alpha value is -2.70. The summed E-state index contributed by atoms with van der Waals surface area (Å²) in [5.41, 5.74) is 1.33. The van der Waals surface area contributed by atoms with Gasteiger partial charge in [0.2, 0.25) is 0 Å². The molecular weight excluding hydrogens is 272 g/mol. The molecule has 0 atom stereocenters. The van der Waals surface area contributed by atoms with Crippen molar-refractivity contribution in [2.24, 2.45) is 0 Å². The van der Waals surface area contributed by atoms with Gasteiger partial charge in [-0.25, -0.2) is 4.98 Å². The van der Waals surface area contributed by atoms with Crippen molar-refractivity contribution in [1.82, 2.24) is 9.97 Å². The molecule has 110 valence electrons. The number of nitro groups is 1. The van der Waals surface area contributed by atoms with Crippen molar-refractivity contribution in [2.75, 3.05) is 11.9 Å². The van der Waals surface area contributed by atoms with Crippen molar-refractivity contribution in [3.05, 3.63) is 52.0 Å². The van der Waals surface area contributed by atoms with Gasteiger partial charge in [-0.05, 0) is 26.0 Å². The molecule has 0 unspecified atom stereocenters. The summed E-state index contributed by atoms with van der Waals surface area (Å²) in [6.45, 7) is 4.70. The quantitative estimate of drug-likeness (QED) is 0.649. The third-order valence-electron chi connectivity index (χ3n) is 2.81. The molecule has 0 saturated carbocycles. The maximum absolute atomic E-state index is 10.7. The number of nitrogens with zero attached hydrogens (tertiary/aromatic N) is 3. The lowest BCUT2D eigenvalue weighted by atomic mass is 10.2. The lowest BCUT2D eigenvalue weighted by Gasteiger charge is -2.07. The van der Waals surface area contributed by atoms with Crippen LogP contribution in [0.1, 0.15) is 18.2 Å². The summed E-state index contributed by atoms with van der Waals surface area (Å²) in [5, 5.41) is 13.8. The Kier molecular flexibility index (Phi) is 4.65. The summed E-state index contributed by atoms with van der Waals surface area (Å²) in [5.74, 6) is 1.28. The number of anilines is 1. The van der Waals surface area contributed by atoms with Crippen molar-refractivity contribution < 1.29 is 9.66 Å². The van der Waals surface area contributed by atoms with Gasteiger partial charge in [0.1, 0.15) is 18.2 Å². The molecule has 1 aromatic carbocycles. The third kappa shape index (κ3) is 3.88. The van der Waals surface area contributed by atoms with E-state index >= 15 is 0 Å². The van der Waals surface area contributed by atoms with Crippen molar-refractivity contribution in [3.63, 3.8) is 0 Å². The van der Waals surface area contributed by atoms with Crippen LogP contribution in [0, 0.1) is 17.0 Å². The summed E-state index contributed by atoms with van der Waals surface area (Å²) in [4.78, 5) is 18.7. The first-order chi connectivity index (χ1) is 10.1. The standard InChI is InChI=1S/C14H16N4O3/c1-3-15-14-8-16-11(7-17-14)9-21-12-4-5-13(18(19)20)10(2)6-12/h4-8H,3,9H2,1-2H3,(H,15,17). The molecule has 0 spiro atoms. The van der Waals surface area contributed by atoms with Gasteiger partial charge in [0.15, 0.2) is 0 Å². The smallest absolute Gasteiger partial charge is 0.272 e. The molecule has 2 rings (SSSR count). The number of nitrogens with one attached hydrogen (secondary N) is 1. The molecule has 0 aliphatic carbocycles. The molecule has 1 aromatic heterocycles. The van der Waals surface area contributed by atoms with E-state index < -0.39 is 4.92 Å². The molecule has 0 aliphatic rings. The van der Waals surface area contributed by atoms with Crippen LogP contribution in [-0.2, 0) is 6.61 Å². The van der Waals surface area contributed by atoms with Crippen LogP contribution in [0.5, 0.6) is 5.75 Å². The van der Waals surface area contributed by atoms with Crippen LogP contribution in [0.3, 0.4) is 0 Å². The summed E-state index contributed by atoms with van der Waals surface area (Å²) in [7, 11) is 0. The minimum Gasteiger partial charge on any atom is -0.487 e. The average Bonchev–Trinajstić information content (AvgIpc) is 2.46. The van der Waals surface area contributed by atoms with Gasteiger partial charge in [-0.3, -0.25) is 15.1 Å². The topological polar surface area (TPSA) is 90.2 Å². The molecule has 0 amide bonds. The highest BCUT2D eigenvalue weighted by atomic mass is 16.6. The average molecular weight is 288 g/mol. The van der Waals surface area contributed by atoms with E-state index in [-0.39, 0.29) is 12.3 Å². The van der Waals surface area contributed by atoms with Crippen molar-refractivity contribution >= 4 is 11.5 Å². The van der Waals surface area contributed by atoms with Crippen LogP contribution in [0.15, 0.2) is 30.6 Å². The van der Waals surface area contributed by atoms with E-state index in [1.807, 2.05) is 6.92 Å². The molecular formula is C14H16N4O3. The summed E-state index contributed by atoms with van der Waals surface area (Å²) >= 11 is 0. The van der Waals surface area contributed by atoms with Gasteiger partial charge in [-0.15, -0.1) is 0 Å². The Morgan fingerprint density at radius 1 is 1.33 bits per heavy atom. The number of aromatic nitrogens is 2. The van der Waals surface area contributed by atoms with E-state index in [0.29, 0.717) is 22.8 Å². The molecule has 21 heavy (non-hydrogen) atoms. The van der Waals surface area contributed by atoms with Gasteiger partial charge in [-0.2, -0.15) is 0 Å². The van der Waals surface area contributed by atoms with Gasteiger partial charge in [0.05, 0.1) is 23.0 Å². The van der Waals surface area contributed by atoms with Gasteiger partial charge in [0, 0.05) is 18.2 Å². The molecule has 0 radical (unpaired) electrons. The van der Waals surface area contributed by atoms with Crippen LogP contribution in [-0.4, -0.2) is 21.4 Å². The highest BCUT2D eigenvalue weighted by Crippen LogP contribution is 2.23. The molecule has 0 saturated heterocycles. The molecule has 1 N–H and O–H groups in total. The van der Waals surface area contributed by atoms with Crippen molar-refractivity contribution in [3.8, 4) is 5.75 Å². The lowest BCUT2D eigenvalue weighted by molar-refractivity contribution is -0.385. The second-order valence-corrected chi connectivity index (χ2v) is 4.42. The van der Waals surface area contributed by atoms with Gasteiger partial charge < -0.3 is 10.1 Å². The van der Waals surface area contributed by atoms with Crippen molar-refractivity contribution in [1.29, 1.82) is 0 Å². The van der Waals surface area contributed by atoms with Crippen LogP contribution in [0.25, 0.3) is 0 Å². The number of benzene rings is 1. The zero-order valence-electron chi connectivity index (χ0n) is 11.9. The van der Waals surface area contributed by atoms with E-state index in [2.05, 4.69) is 15.3 Å². The highest BCUT2D eigenvalue weighted by molar-refractivity contribution is 5.44. The second kappa shape index (κ2) is 6.65. The fourth-order valence-corrected chi connectivity index (χ4v) is 1.78. The van der Waals surface area contributed by atoms with Crippen LogP contribution in [0.2, 0.25) is 0 Å². The maximum atomic E-state index is 10.7. The second-order valence-electron chi connectivity index (χ2n) is 4.42. The zero-order chi connectivity index (χ0) is 15.2. The minimum absolute atomic E-state index is 0.0807. The largest absolute Gasteiger partial charge is 0.487 e. The molecule has 0 bridgehead atoms. The lowest BCUT2D eigenvalue weighted by Crippen LogP contribution is -2.03. The number of hydrogen-bond acceptors (Lipinski definition) is 6. The van der Waals surface area contributed by atoms with Crippen LogP contribution >= 0.6 is 0 Å². The first-order valence-electron chi connectivity index (χ1n) is 6.52. The summed E-state index contributed by atoms with van der Waals surface area (Å²) in [6.07, 6.45) is 3.28. The number of nitro benzene ring substituents is 1. The fourth-order valence-electron chi connectivity index (χ4n) is 1.78. The van der Waals surface area contributed by atoms with Crippen molar-refractivity contribution in [2.45, 2.75) is 20.5 Å². The predicted molar refractivity (Wildman–Crippen MR) is 78.4 cm³/mol. The highest BCUT2D eigenvalue weighted by Gasteiger charge is 2.10. The third-order valence-corrected chi connectivity index (χ3v) is 2.81. The molecule has 2 aromatic rings. The van der Waals surface area contributed by atoms with Gasteiger partial charge >= 0.3 is 0 Å². The first-order valence-corrected chi connectivity index (χ1v) is 6.52. The fraction of sp³-hybridized carbons (Fsp3) is 0.286. The van der Waals surface area contributed by atoms with Crippen LogP contribution in [0.4, 0.5) is 11.5 Å². The van der Waals surface area contributed by atoms with E-state index in [0.717, 1.165) is 6.54 Å². The monoisotopic (exact) mass is 288 g/mol. The Labute approximate surface area is 122 Å².